The minimum atomic E-state index is 0.690. The Morgan fingerprint density at radius 3 is 2.83 bits per heavy atom. The average molecular weight is 105 g/mol. The van der Waals surface area contributed by atoms with E-state index in [4.69, 9.17) is 11.6 Å². The molecule has 2 N–H and O–H groups in total. The first-order chi connectivity index (χ1) is 2.89. The summed E-state index contributed by atoms with van der Waals surface area (Å²) in [4.78, 5) is 0. The monoisotopic (exact) mass is 104 g/mol. The largest absolute Gasteiger partial charge is 0.371 e. The van der Waals surface area contributed by atoms with Crippen molar-refractivity contribution in [2.75, 3.05) is 6.67 Å². The molecule has 34 valence electrons. The lowest BCUT2D eigenvalue weighted by atomic mass is 11.0. The second-order valence-corrected chi connectivity index (χ2v) is 1.46. The Balaban J connectivity index is 2.45. The van der Waals surface area contributed by atoms with E-state index < -0.39 is 0 Å². The summed E-state index contributed by atoms with van der Waals surface area (Å²) in [5.74, 6) is 0. The quantitative estimate of drug-likeness (QED) is 0.429. The number of halogens is 1. The van der Waals surface area contributed by atoms with E-state index in [-0.39, 0.29) is 0 Å². The molecular formula is C3H5ClN2. The highest BCUT2D eigenvalue weighted by molar-refractivity contribution is 6.29. The minimum absolute atomic E-state index is 0.690. The standard InChI is InChI=1S/C3H5ClN2/c4-3-1-5-2-6-3/h1,5-6H,2H2. The van der Waals surface area contributed by atoms with Crippen LogP contribution in [0, 0.1) is 0 Å². The zero-order valence-electron chi connectivity index (χ0n) is 3.16. The van der Waals surface area contributed by atoms with Crippen LogP contribution in [0.2, 0.25) is 0 Å². The van der Waals surface area contributed by atoms with Gasteiger partial charge in [0.15, 0.2) is 0 Å². The Morgan fingerprint density at radius 2 is 2.67 bits per heavy atom. The van der Waals surface area contributed by atoms with Gasteiger partial charge in [0.25, 0.3) is 0 Å². The van der Waals surface area contributed by atoms with Gasteiger partial charge in [-0.25, -0.2) is 0 Å². The molecule has 0 radical (unpaired) electrons. The van der Waals surface area contributed by atoms with Crippen molar-refractivity contribution >= 4 is 11.6 Å². The summed E-state index contributed by atoms with van der Waals surface area (Å²) >= 11 is 5.40. The van der Waals surface area contributed by atoms with Crippen molar-refractivity contribution in [2.24, 2.45) is 0 Å². The highest BCUT2D eigenvalue weighted by Crippen LogP contribution is 1.94. The van der Waals surface area contributed by atoms with E-state index in [1.807, 2.05) is 0 Å². The lowest BCUT2D eigenvalue weighted by Gasteiger charge is -1.85. The number of hydrogen-bond donors (Lipinski definition) is 2. The van der Waals surface area contributed by atoms with Crippen molar-refractivity contribution in [1.29, 1.82) is 0 Å². The molecule has 0 aromatic rings. The molecule has 0 saturated carbocycles. The zero-order valence-corrected chi connectivity index (χ0v) is 3.92. The third-order valence-electron chi connectivity index (χ3n) is 0.588. The van der Waals surface area contributed by atoms with E-state index in [2.05, 4.69) is 10.6 Å². The summed E-state index contributed by atoms with van der Waals surface area (Å²) in [5.41, 5.74) is 0. The van der Waals surface area contributed by atoms with E-state index in [9.17, 15) is 0 Å². The zero-order chi connectivity index (χ0) is 4.41. The first-order valence-electron chi connectivity index (χ1n) is 1.72. The summed E-state index contributed by atoms with van der Waals surface area (Å²) in [6, 6.07) is 0. The molecule has 0 atom stereocenters. The van der Waals surface area contributed by atoms with Crippen LogP contribution >= 0.6 is 11.6 Å². The van der Waals surface area contributed by atoms with Gasteiger partial charge >= 0.3 is 0 Å². The fourth-order valence-electron chi connectivity index (χ4n) is 0.327. The number of nitrogens with one attached hydrogen (secondary N) is 2. The molecule has 0 spiro atoms. The van der Waals surface area contributed by atoms with E-state index in [0.717, 1.165) is 6.67 Å². The summed E-state index contributed by atoms with van der Waals surface area (Å²) in [6.07, 6.45) is 1.72. The van der Waals surface area contributed by atoms with Crippen LogP contribution in [0.1, 0.15) is 0 Å². The lowest BCUT2D eigenvalue weighted by Crippen LogP contribution is -2.12. The number of rotatable bonds is 0. The van der Waals surface area contributed by atoms with Crippen LogP contribution in [0.4, 0.5) is 0 Å². The molecule has 1 aliphatic heterocycles. The molecule has 0 aromatic heterocycles. The molecule has 0 fully saturated rings. The van der Waals surface area contributed by atoms with Crippen molar-refractivity contribution in [3.63, 3.8) is 0 Å². The van der Waals surface area contributed by atoms with Crippen molar-refractivity contribution < 1.29 is 0 Å². The van der Waals surface area contributed by atoms with Crippen molar-refractivity contribution in [3.05, 3.63) is 11.4 Å². The molecule has 0 aliphatic carbocycles. The Hall–Kier alpha value is -0.370. The van der Waals surface area contributed by atoms with Gasteiger partial charge in [-0.2, -0.15) is 0 Å². The van der Waals surface area contributed by atoms with Gasteiger partial charge in [-0.1, -0.05) is 11.6 Å². The van der Waals surface area contributed by atoms with E-state index in [1.54, 1.807) is 6.20 Å². The van der Waals surface area contributed by atoms with Gasteiger partial charge in [-0.15, -0.1) is 0 Å². The highest BCUT2D eigenvalue weighted by Gasteiger charge is 1.92. The molecule has 1 rings (SSSR count). The molecule has 0 aromatic carbocycles. The van der Waals surface area contributed by atoms with Crippen molar-refractivity contribution in [2.45, 2.75) is 0 Å². The Labute approximate surface area is 41.2 Å². The van der Waals surface area contributed by atoms with Gasteiger partial charge in [-0.3, -0.25) is 0 Å². The second-order valence-electron chi connectivity index (χ2n) is 1.05. The molecule has 1 heterocycles. The predicted molar refractivity (Wildman–Crippen MR) is 25.1 cm³/mol. The Bertz CT molecular complexity index is 78.9. The first-order valence-corrected chi connectivity index (χ1v) is 2.10. The molecule has 0 saturated heterocycles. The maximum atomic E-state index is 5.40. The topological polar surface area (TPSA) is 24.1 Å². The summed E-state index contributed by atoms with van der Waals surface area (Å²) in [6.45, 7) is 0.763. The van der Waals surface area contributed by atoms with Crippen LogP contribution < -0.4 is 10.6 Å². The van der Waals surface area contributed by atoms with Gasteiger partial charge in [-0.05, 0) is 0 Å². The third kappa shape index (κ3) is 0.571. The molecule has 6 heavy (non-hydrogen) atoms. The maximum Gasteiger partial charge on any atom is 0.119 e. The van der Waals surface area contributed by atoms with Gasteiger partial charge in [0, 0.05) is 6.20 Å². The molecule has 2 nitrogen and oxygen atoms in total. The molecule has 1 aliphatic rings. The Kier molecular flexibility index (Phi) is 0.881. The fraction of sp³-hybridized carbons (Fsp3) is 0.333. The normalized spacial score (nSPS) is 18.5. The Morgan fingerprint density at radius 1 is 1.83 bits per heavy atom. The van der Waals surface area contributed by atoms with Gasteiger partial charge in [0.1, 0.15) is 5.16 Å². The van der Waals surface area contributed by atoms with Crippen LogP contribution in [-0.2, 0) is 0 Å². The predicted octanol–water partition coefficient (Wildman–Crippen LogP) is 0.174. The van der Waals surface area contributed by atoms with E-state index >= 15 is 0 Å². The van der Waals surface area contributed by atoms with Gasteiger partial charge in [0.2, 0.25) is 0 Å². The van der Waals surface area contributed by atoms with Crippen molar-refractivity contribution in [3.8, 4) is 0 Å². The highest BCUT2D eigenvalue weighted by atomic mass is 35.5. The molecule has 0 unspecified atom stereocenters. The maximum absolute atomic E-state index is 5.40. The van der Waals surface area contributed by atoms with E-state index in [1.165, 1.54) is 0 Å². The van der Waals surface area contributed by atoms with Crippen molar-refractivity contribution in [1.82, 2.24) is 10.6 Å². The number of hydrogen-bond acceptors (Lipinski definition) is 2. The summed E-state index contributed by atoms with van der Waals surface area (Å²) < 4.78 is 0. The first kappa shape index (κ1) is 3.81. The molecular weight excluding hydrogens is 99.5 g/mol. The van der Waals surface area contributed by atoms with Crippen LogP contribution in [0.15, 0.2) is 11.4 Å². The summed E-state index contributed by atoms with van der Waals surface area (Å²) in [7, 11) is 0. The van der Waals surface area contributed by atoms with E-state index in [0.29, 0.717) is 5.16 Å². The van der Waals surface area contributed by atoms with Crippen LogP contribution in [0.25, 0.3) is 0 Å². The van der Waals surface area contributed by atoms with Gasteiger partial charge < -0.3 is 10.6 Å². The SMILES string of the molecule is ClC1=CNCN1. The molecule has 3 heteroatoms. The summed E-state index contributed by atoms with van der Waals surface area (Å²) in [5, 5.41) is 6.39. The molecule has 0 bridgehead atoms. The second kappa shape index (κ2) is 1.39. The minimum Gasteiger partial charge on any atom is -0.371 e. The fourth-order valence-corrected chi connectivity index (χ4v) is 0.471. The third-order valence-corrected chi connectivity index (χ3v) is 0.831. The van der Waals surface area contributed by atoms with Crippen LogP contribution in [0.3, 0.4) is 0 Å². The van der Waals surface area contributed by atoms with Crippen LogP contribution in [0.5, 0.6) is 0 Å². The lowest BCUT2D eigenvalue weighted by molar-refractivity contribution is 0.830. The smallest absolute Gasteiger partial charge is 0.119 e. The average Bonchev–Trinajstić information content (AvgIpc) is 1.86. The molecule has 0 amide bonds. The van der Waals surface area contributed by atoms with Gasteiger partial charge in [0.05, 0.1) is 6.67 Å². The van der Waals surface area contributed by atoms with Crippen LogP contribution in [-0.4, -0.2) is 6.67 Å².